The minimum Gasteiger partial charge on any atom is -0.343 e. The van der Waals surface area contributed by atoms with Crippen LogP contribution in [0.5, 0.6) is 0 Å². The number of rotatable bonds is 5. The molecule has 1 aliphatic heterocycles. The Bertz CT molecular complexity index is 498. The molecule has 0 bridgehead atoms. The van der Waals surface area contributed by atoms with Crippen LogP contribution in [0.25, 0.3) is 0 Å². The Balaban J connectivity index is 2.13. The summed E-state index contributed by atoms with van der Waals surface area (Å²) in [5.74, 6) is 0.389. The van der Waals surface area contributed by atoms with Crippen LogP contribution in [0.15, 0.2) is 17.5 Å². The number of piperazine rings is 1. The Morgan fingerprint density at radius 2 is 2.05 bits per heavy atom. The number of carbonyl (C=O) groups is 2. The molecule has 1 aromatic heterocycles. The summed E-state index contributed by atoms with van der Waals surface area (Å²) in [4.78, 5) is 27.9. The van der Waals surface area contributed by atoms with Gasteiger partial charge in [0.2, 0.25) is 11.8 Å². The van der Waals surface area contributed by atoms with Gasteiger partial charge < -0.3 is 10.2 Å². The first-order chi connectivity index (χ1) is 9.90. The first-order valence-corrected chi connectivity index (χ1v) is 8.43. The smallest absolute Gasteiger partial charge is 0.246 e. The lowest BCUT2D eigenvalue weighted by Crippen LogP contribution is -2.64. The number of nitrogens with one attached hydrogen (secondary N) is 1. The molecule has 116 valence electrons. The summed E-state index contributed by atoms with van der Waals surface area (Å²) >= 11 is 1.69. The molecule has 1 fully saturated rings. The molecule has 0 spiro atoms. The number of carbonyl (C=O) groups excluding carboxylic acids is 2. The van der Waals surface area contributed by atoms with Gasteiger partial charge in [-0.1, -0.05) is 19.9 Å². The third kappa shape index (κ3) is 3.64. The molecule has 0 aromatic carbocycles. The van der Waals surface area contributed by atoms with Crippen molar-refractivity contribution in [2.45, 2.75) is 58.7 Å². The maximum absolute atomic E-state index is 12.7. The monoisotopic (exact) mass is 308 g/mol. The van der Waals surface area contributed by atoms with Crippen molar-refractivity contribution in [3.8, 4) is 0 Å². The number of nitrogens with zero attached hydrogens (tertiary/aromatic N) is 1. The normalized spacial score (nSPS) is 24.3. The molecule has 3 unspecified atom stereocenters. The Morgan fingerprint density at radius 1 is 1.33 bits per heavy atom. The molecule has 0 aliphatic carbocycles. The minimum absolute atomic E-state index is 0.0341. The zero-order valence-corrected chi connectivity index (χ0v) is 13.9. The molecular formula is C16H24N2O2S. The van der Waals surface area contributed by atoms with E-state index in [4.69, 9.17) is 0 Å². The maximum atomic E-state index is 12.7. The molecule has 5 heteroatoms. The Morgan fingerprint density at radius 3 is 2.62 bits per heavy atom. The highest BCUT2D eigenvalue weighted by Crippen LogP contribution is 2.21. The third-order valence-corrected chi connectivity index (χ3v) is 4.82. The molecular weight excluding hydrogens is 284 g/mol. The van der Waals surface area contributed by atoms with Crippen molar-refractivity contribution < 1.29 is 9.59 Å². The molecule has 2 heterocycles. The molecule has 0 radical (unpaired) electrons. The summed E-state index contributed by atoms with van der Waals surface area (Å²) in [5.41, 5.74) is 0. The van der Waals surface area contributed by atoms with E-state index in [1.807, 2.05) is 25.3 Å². The van der Waals surface area contributed by atoms with E-state index in [9.17, 15) is 9.59 Å². The zero-order valence-electron chi connectivity index (χ0n) is 13.1. The van der Waals surface area contributed by atoms with Crippen LogP contribution in [0.2, 0.25) is 0 Å². The fraction of sp³-hybridized carbons (Fsp3) is 0.625. The zero-order chi connectivity index (χ0) is 15.6. The van der Waals surface area contributed by atoms with Crippen LogP contribution in [-0.2, 0) is 16.0 Å². The fourth-order valence-electron chi connectivity index (χ4n) is 2.90. The summed E-state index contributed by atoms with van der Waals surface area (Å²) < 4.78 is 0. The van der Waals surface area contributed by atoms with Gasteiger partial charge in [0.05, 0.1) is 0 Å². The number of hydrogen-bond donors (Lipinski definition) is 1. The van der Waals surface area contributed by atoms with Crippen LogP contribution in [0.3, 0.4) is 0 Å². The topological polar surface area (TPSA) is 49.4 Å². The molecule has 21 heavy (non-hydrogen) atoms. The van der Waals surface area contributed by atoms with E-state index < -0.39 is 6.04 Å². The lowest BCUT2D eigenvalue weighted by molar-refractivity contribution is -0.151. The van der Waals surface area contributed by atoms with E-state index in [-0.39, 0.29) is 23.9 Å². The quantitative estimate of drug-likeness (QED) is 0.908. The minimum atomic E-state index is -0.393. The van der Waals surface area contributed by atoms with Crippen LogP contribution in [0.4, 0.5) is 0 Å². The van der Waals surface area contributed by atoms with Gasteiger partial charge in [0.1, 0.15) is 12.1 Å². The largest absolute Gasteiger partial charge is 0.343 e. The predicted molar refractivity (Wildman–Crippen MR) is 85.2 cm³/mol. The molecule has 1 saturated heterocycles. The van der Waals surface area contributed by atoms with Gasteiger partial charge in [0.15, 0.2) is 0 Å². The Kier molecular flexibility index (Phi) is 5.04. The molecule has 1 N–H and O–H groups in total. The lowest BCUT2D eigenvalue weighted by Gasteiger charge is -2.41. The molecule has 1 aromatic rings. The summed E-state index contributed by atoms with van der Waals surface area (Å²) in [6, 6.07) is 3.36. The van der Waals surface area contributed by atoms with Gasteiger partial charge in [-0.15, -0.1) is 11.3 Å². The van der Waals surface area contributed by atoms with Crippen molar-refractivity contribution >= 4 is 23.2 Å². The van der Waals surface area contributed by atoms with E-state index >= 15 is 0 Å². The van der Waals surface area contributed by atoms with Gasteiger partial charge in [-0.05, 0) is 37.6 Å². The van der Waals surface area contributed by atoms with Gasteiger partial charge in [-0.2, -0.15) is 0 Å². The lowest BCUT2D eigenvalue weighted by atomic mass is 9.97. The van der Waals surface area contributed by atoms with Gasteiger partial charge in [-0.25, -0.2) is 0 Å². The Hall–Kier alpha value is -1.36. The Labute approximate surface area is 130 Å². The molecule has 2 rings (SSSR count). The number of hydrogen-bond acceptors (Lipinski definition) is 3. The van der Waals surface area contributed by atoms with Crippen LogP contribution in [-0.4, -0.2) is 34.8 Å². The average molecular weight is 308 g/mol. The molecule has 1 aliphatic rings. The maximum Gasteiger partial charge on any atom is 0.246 e. The van der Waals surface area contributed by atoms with Crippen LogP contribution < -0.4 is 5.32 Å². The standard InChI is InChI=1S/C16H24N2O2S/c1-10(2)8-14-16(20)18(12(4)15(19)17-14)11(3)9-13-6-5-7-21-13/h5-7,10-12,14H,8-9H2,1-4H3,(H,17,19). The number of amides is 2. The van der Waals surface area contributed by atoms with Gasteiger partial charge >= 0.3 is 0 Å². The third-order valence-electron chi connectivity index (χ3n) is 3.92. The average Bonchev–Trinajstić information content (AvgIpc) is 2.88. The summed E-state index contributed by atoms with van der Waals surface area (Å²) in [5, 5.41) is 4.90. The van der Waals surface area contributed by atoms with E-state index in [1.54, 1.807) is 16.2 Å². The van der Waals surface area contributed by atoms with Gasteiger partial charge in [0, 0.05) is 17.3 Å². The second kappa shape index (κ2) is 6.60. The number of thiophene rings is 1. The highest BCUT2D eigenvalue weighted by atomic mass is 32.1. The highest BCUT2D eigenvalue weighted by Gasteiger charge is 2.40. The van der Waals surface area contributed by atoms with Crippen molar-refractivity contribution in [3.63, 3.8) is 0 Å². The summed E-state index contributed by atoms with van der Waals surface area (Å²) in [6.45, 7) is 7.97. The first-order valence-electron chi connectivity index (χ1n) is 7.55. The predicted octanol–water partition coefficient (Wildman–Crippen LogP) is 2.44. The summed E-state index contributed by atoms with van der Waals surface area (Å²) in [7, 11) is 0. The van der Waals surface area contributed by atoms with E-state index in [2.05, 4.69) is 25.2 Å². The van der Waals surface area contributed by atoms with Crippen LogP contribution >= 0.6 is 11.3 Å². The van der Waals surface area contributed by atoms with Gasteiger partial charge in [0.25, 0.3) is 0 Å². The molecule has 3 atom stereocenters. The highest BCUT2D eigenvalue weighted by molar-refractivity contribution is 7.09. The van der Waals surface area contributed by atoms with Gasteiger partial charge in [-0.3, -0.25) is 9.59 Å². The van der Waals surface area contributed by atoms with E-state index in [0.717, 1.165) is 6.42 Å². The van der Waals surface area contributed by atoms with Crippen molar-refractivity contribution in [1.29, 1.82) is 0 Å². The molecule has 4 nitrogen and oxygen atoms in total. The first kappa shape index (κ1) is 16.0. The molecule has 2 amide bonds. The second-order valence-electron chi connectivity index (χ2n) is 6.24. The summed E-state index contributed by atoms with van der Waals surface area (Å²) in [6.07, 6.45) is 1.49. The van der Waals surface area contributed by atoms with Crippen LogP contribution in [0.1, 0.15) is 39.0 Å². The fourth-order valence-corrected chi connectivity index (χ4v) is 3.73. The SMILES string of the molecule is CC(C)CC1NC(=O)C(C)N(C(C)Cc2cccs2)C1=O. The van der Waals surface area contributed by atoms with Crippen molar-refractivity contribution in [2.75, 3.05) is 0 Å². The van der Waals surface area contributed by atoms with E-state index in [0.29, 0.717) is 12.3 Å². The van der Waals surface area contributed by atoms with Crippen LogP contribution in [0, 0.1) is 5.92 Å². The molecule has 0 saturated carbocycles. The van der Waals surface area contributed by atoms with Crippen molar-refractivity contribution in [2.24, 2.45) is 5.92 Å². The second-order valence-corrected chi connectivity index (χ2v) is 7.28. The van der Waals surface area contributed by atoms with Crippen molar-refractivity contribution in [3.05, 3.63) is 22.4 Å². The van der Waals surface area contributed by atoms with E-state index in [1.165, 1.54) is 4.88 Å². The van der Waals surface area contributed by atoms with Crippen molar-refractivity contribution in [1.82, 2.24) is 10.2 Å².